The lowest BCUT2D eigenvalue weighted by Gasteiger charge is -2.06. The molecule has 1 aromatic heterocycles. The number of nitrogens with two attached hydrogens (primary N) is 1. The lowest BCUT2D eigenvalue weighted by atomic mass is 10.1. The number of nitrogens with zero attached hydrogens (tertiary/aromatic N) is 3. The minimum Gasteiger partial charge on any atom is -0.409 e. The summed E-state index contributed by atoms with van der Waals surface area (Å²) in [6.07, 6.45) is 4.33. The first-order valence-electron chi connectivity index (χ1n) is 5.34. The molecule has 0 bridgehead atoms. The van der Waals surface area contributed by atoms with E-state index >= 15 is 0 Å². The van der Waals surface area contributed by atoms with Crippen molar-refractivity contribution in [3.05, 3.63) is 54.1 Å². The Labute approximate surface area is 99.2 Å². The minimum absolute atomic E-state index is 0.0306. The van der Waals surface area contributed by atoms with Gasteiger partial charge < -0.3 is 15.5 Å². The van der Waals surface area contributed by atoms with Crippen LogP contribution < -0.4 is 5.73 Å². The molecule has 0 radical (unpaired) electrons. The lowest BCUT2D eigenvalue weighted by molar-refractivity contribution is 0.318. The fourth-order valence-corrected chi connectivity index (χ4v) is 1.66. The van der Waals surface area contributed by atoms with Crippen LogP contribution in [0.4, 0.5) is 0 Å². The Balaban J connectivity index is 2.07. The van der Waals surface area contributed by atoms with E-state index < -0.39 is 0 Å². The zero-order chi connectivity index (χ0) is 12.1. The van der Waals surface area contributed by atoms with E-state index in [0.717, 1.165) is 13.0 Å². The first-order valence-corrected chi connectivity index (χ1v) is 5.34. The Kier molecular flexibility index (Phi) is 3.40. The summed E-state index contributed by atoms with van der Waals surface area (Å²) in [4.78, 5) is 4.05. The Bertz CT molecular complexity index is 504. The van der Waals surface area contributed by atoms with Crippen LogP contribution >= 0.6 is 0 Å². The fourth-order valence-electron chi connectivity index (χ4n) is 1.66. The summed E-state index contributed by atoms with van der Waals surface area (Å²) in [6.45, 7) is 0.746. The molecule has 0 spiro atoms. The molecule has 3 N–H and O–H groups in total. The van der Waals surface area contributed by atoms with Gasteiger partial charge in [0.2, 0.25) is 5.84 Å². The summed E-state index contributed by atoms with van der Waals surface area (Å²) in [6, 6.07) is 10.1. The maximum absolute atomic E-state index is 8.63. The van der Waals surface area contributed by atoms with Gasteiger partial charge in [0.15, 0.2) is 5.82 Å². The zero-order valence-electron chi connectivity index (χ0n) is 9.32. The molecule has 2 aromatic rings. The summed E-state index contributed by atoms with van der Waals surface area (Å²) in [5, 5.41) is 11.6. The second kappa shape index (κ2) is 5.16. The first-order chi connectivity index (χ1) is 8.31. The van der Waals surface area contributed by atoms with Gasteiger partial charge in [-0.1, -0.05) is 35.5 Å². The summed E-state index contributed by atoms with van der Waals surface area (Å²) in [7, 11) is 0. The van der Waals surface area contributed by atoms with E-state index in [4.69, 9.17) is 10.9 Å². The van der Waals surface area contributed by atoms with Crippen molar-refractivity contribution in [2.45, 2.75) is 13.0 Å². The molecule has 0 aliphatic carbocycles. The number of amidine groups is 1. The Hall–Kier alpha value is -2.30. The highest BCUT2D eigenvalue weighted by Crippen LogP contribution is 2.04. The van der Waals surface area contributed by atoms with Gasteiger partial charge in [-0.25, -0.2) is 4.98 Å². The monoisotopic (exact) mass is 230 g/mol. The molecule has 5 nitrogen and oxygen atoms in total. The van der Waals surface area contributed by atoms with Gasteiger partial charge in [-0.3, -0.25) is 0 Å². The van der Waals surface area contributed by atoms with Crippen molar-refractivity contribution >= 4 is 5.84 Å². The SMILES string of the molecule is NC(=NO)c1nccn1CCc1ccccc1. The quantitative estimate of drug-likeness (QED) is 0.359. The van der Waals surface area contributed by atoms with E-state index in [0.29, 0.717) is 5.82 Å². The maximum atomic E-state index is 8.63. The third-order valence-electron chi connectivity index (χ3n) is 2.54. The highest BCUT2D eigenvalue weighted by Gasteiger charge is 2.07. The van der Waals surface area contributed by atoms with Gasteiger partial charge in [-0.2, -0.15) is 0 Å². The molecule has 0 aliphatic rings. The summed E-state index contributed by atoms with van der Waals surface area (Å²) in [5.74, 6) is 0.520. The van der Waals surface area contributed by atoms with Gasteiger partial charge in [0.25, 0.3) is 0 Å². The lowest BCUT2D eigenvalue weighted by Crippen LogP contribution is -2.20. The van der Waals surface area contributed by atoms with Crippen LogP contribution in [0, 0.1) is 0 Å². The number of hydrogen-bond acceptors (Lipinski definition) is 3. The van der Waals surface area contributed by atoms with Crippen LogP contribution in [0.25, 0.3) is 0 Å². The third kappa shape index (κ3) is 2.63. The van der Waals surface area contributed by atoms with Gasteiger partial charge in [-0.05, 0) is 12.0 Å². The number of oxime groups is 1. The van der Waals surface area contributed by atoms with Crippen molar-refractivity contribution in [2.75, 3.05) is 0 Å². The smallest absolute Gasteiger partial charge is 0.206 e. The molecule has 0 atom stereocenters. The first kappa shape index (κ1) is 11.2. The molecule has 5 heteroatoms. The van der Waals surface area contributed by atoms with Crippen molar-refractivity contribution in [2.24, 2.45) is 10.9 Å². The molecule has 17 heavy (non-hydrogen) atoms. The van der Waals surface area contributed by atoms with Gasteiger partial charge >= 0.3 is 0 Å². The van der Waals surface area contributed by atoms with Crippen molar-refractivity contribution in [1.29, 1.82) is 0 Å². The van der Waals surface area contributed by atoms with E-state index in [1.165, 1.54) is 5.56 Å². The van der Waals surface area contributed by atoms with Crippen LogP contribution in [0.2, 0.25) is 0 Å². The maximum Gasteiger partial charge on any atom is 0.206 e. The standard InChI is InChI=1S/C12H14N4O/c13-11(15-17)12-14-7-9-16(12)8-6-10-4-2-1-3-5-10/h1-5,7,9,17H,6,8H2,(H2,13,15). The highest BCUT2D eigenvalue weighted by molar-refractivity contribution is 5.93. The predicted octanol–water partition coefficient (Wildman–Crippen LogP) is 1.22. The Morgan fingerprint density at radius 1 is 1.35 bits per heavy atom. The van der Waals surface area contributed by atoms with Gasteiger partial charge in [0.05, 0.1) is 0 Å². The number of hydrogen-bond donors (Lipinski definition) is 2. The predicted molar refractivity (Wildman–Crippen MR) is 64.9 cm³/mol. The van der Waals surface area contributed by atoms with E-state index in [1.54, 1.807) is 6.20 Å². The van der Waals surface area contributed by atoms with Crippen LogP contribution in [0.5, 0.6) is 0 Å². The molecule has 0 saturated heterocycles. The van der Waals surface area contributed by atoms with Crippen LogP contribution in [0.15, 0.2) is 47.9 Å². The Morgan fingerprint density at radius 2 is 2.12 bits per heavy atom. The summed E-state index contributed by atoms with van der Waals surface area (Å²) in [5.41, 5.74) is 6.77. The Morgan fingerprint density at radius 3 is 2.82 bits per heavy atom. The minimum atomic E-state index is 0.0306. The van der Waals surface area contributed by atoms with E-state index in [1.807, 2.05) is 29.0 Å². The molecule has 1 heterocycles. The van der Waals surface area contributed by atoms with Gasteiger partial charge in [0.1, 0.15) is 0 Å². The summed E-state index contributed by atoms with van der Waals surface area (Å²) < 4.78 is 1.86. The molecular formula is C12H14N4O. The molecular weight excluding hydrogens is 216 g/mol. The van der Waals surface area contributed by atoms with Crippen LogP contribution in [0.1, 0.15) is 11.4 Å². The largest absolute Gasteiger partial charge is 0.409 e. The van der Waals surface area contributed by atoms with Gasteiger partial charge in [0, 0.05) is 18.9 Å². The molecule has 0 amide bonds. The van der Waals surface area contributed by atoms with E-state index in [9.17, 15) is 0 Å². The molecule has 0 aliphatic heterocycles. The molecule has 2 rings (SSSR count). The normalized spacial score (nSPS) is 11.6. The van der Waals surface area contributed by atoms with Crippen LogP contribution in [-0.2, 0) is 13.0 Å². The number of rotatable bonds is 4. The molecule has 0 fully saturated rings. The topological polar surface area (TPSA) is 76.4 Å². The second-order valence-corrected chi connectivity index (χ2v) is 3.67. The fraction of sp³-hybridized carbons (Fsp3) is 0.167. The number of aryl methyl sites for hydroxylation is 2. The molecule has 0 unspecified atom stereocenters. The average Bonchev–Trinajstić information content (AvgIpc) is 2.85. The van der Waals surface area contributed by atoms with E-state index in [-0.39, 0.29) is 5.84 Å². The van der Waals surface area contributed by atoms with Crippen LogP contribution in [-0.4, -0.2) is 20.6 Å². The summed E-state index contributed by atoms with van der Waals surface area (Å²) >= 11 is 0. The second-order valence-electron chi connectivity index (χ2n) is 3.67. The molecule has 88 valence electrons. The molecule has 1 aromatic carbocycles. The zero-order valence-corrected chi connectivity index (χ0v) is 9.32. The highest BCUT2D eigenvalue weighted by atomic mass is 16.4. The number of imidazole rings is 1. The van der Waals surface area contributed by atoms with Crippen molar-refractivity contribution in [3.8, 4) is 0 Å². The van der Waals surface area contributed by atoms with Crippen LogP contribution in [0.3, 0.4) is 0 Å². The molecule has 0 saturated carbocycles. The number of benzene rings is 1. The van der Waals surface area contributed by atoms with Gasteiger partial charge in [-0.15, -0.1) is 0 Å². The number of aromatic nitrogens is 2. The van der Waals surface area contributed by atoms with Crippen molar-refractivity contribution in [1.82, 2.24) is 9.55 Å². The van der Waals surface area contributed by atoms with Crippen molar-refractivity contribution < 1.29 is 5.21 Å². The van der Waals surface area contributed by atoms with Crippen molar-refractivity contribution in [3.63, 3.8) is 0 Å². The third-order valence-corrected chi connectivity index (χ3v) is 2.54. The van der Waals surface area contributed by atoms with E-state index in [2.05, 4.69) is 22.3 Å². The average molecular weight is 230 g/mol.